The molecule has 0 amide bonds. The summed E-state index contributed by atoms with van der Waals surface area (Å²) in [6.07, 6.45) is 0. The summed E-state index contributed by atoms with van der Waals surface area (Å²) in [4.78, 5) is 0. The van der Waals surface area contributed by atoms with Crippen LogP contribution in [0.15, 0.2) is 22.7 Å². The van der Waals surface area contributed by atoms with Gasteiger partial charge in [0.1, 0.15) is 5.82 Å². The highest BCUT2D eigenvalue weighted by Gasteiger charge is 2.20. The zero-order valence-corrected chi connectivity index (χ0v) is 10.9. The fraction of sp³-hybridized carbons (Fsp3) is 0.455. The molecule has 1 fully saturated rings. The van der Waals surface area contributed by atoms with E-state index in [1.165, 1.54) is 6.07 Å². The molecule has 1 aliphatic heterocycles. The molecule has 1 heterocycles. The van der Waals surface area contributed by atoms with Gasteiger partial charge < -0.3 is 5.32 Å². The Morgan fingerprint density at radius 3 is 2.93 bits per heavy atom. The second-order valence-corrected chi connectivity index (χ2v) is 5.76. The molecule has 1 aromatic carbocycles. The Labute approximate surface area is 102 Å². The van der Waals surface area contributed by atoms with Crippen LogP contribution in [-0.4, -0.2) is 17.5 Å². The molecule has 2 rings (SSSR count). The van der Waals surface area contributed by atoms with Crippen molar-refractivity contribution in [1.82, 2.24) is 5.32 Å². The number of hydrogen-bond donors (Lipinski definition) is 1. The fourth-order valence-electron chi connectivity index (χ4n) is 1.72. The molecule has 0 saturated carbocycles. The lowest BCUT2D eigenvalue weighted by atomic mass is 10.1. The van der Waals surface area contributed by atoms with E-state index in [0.717, 1.165) is 17.1 Å². The van der Waals surface area contributed by atoms with Gasteiger partial charge in [0.25, 0.3) is 0 Å². The van der Waals surface area contributed by atoms with Crippen molar-refractivity contribution in [3.63, 3.8) is 0 Å². The van der Waals surface area contributed by atoms with Crippen LogP contribution in [0.5, 0.6) is 0 Å². The summed E-state index contributed by atoms with van der Waals surface area (Å²) in [7, 11) is 0. The largest absolute Gasteiger partial charge is 0.306 e. The maximum atomic E-state index is 13.1. The zero-order valence-electron chi connectivity index (χ0n) is 8.47. The van der Waals surface area contributed by atoms with Gasteiger partial charge in [0.05, 0.1) is 4.47 Å². The molecular weight excluding hydrogens is 277 g/mol. The number of rotatable bonds is 1. The number of halogens is 2. The molecule has 0 spiro atoms. The van der Waals surface area contributed by atoms with E-state index >= 15 is 0 Å². The summed E-state index contributed by atoms with van der Waals surface area (Å²) in [5, 5.41) is 3.52. The molecule has 2 unspecified atom stereocenters. The molecule has 82 valence electrons. The lowest BCUT2D eigenvalue weighted by Crippen LogP contribution is -2.37. The molecule has 1 N–H and O–H groups in total. The van der Waals surface area contributed by atoms with Gasteiger partial charge in [-0.25, -0.2) is 4.39 Å². The summed E-state index contributed by atoms with van der Waals surface area (Å²) in [5.41, 5.74) is 1.15. The Morgan fingerprint density at radius 1 is 1.47 bits per heavy atom. The van der Waals surface area contributed by atoms with Crippen molar-refractivity contribution >= 4 is 27.7 Å². The van der Waals surface area contributed by atoms with Crippen LogP contribution in [0.2, 0.25) is 0 Å². The first-order chi connectivity index (χ1) is 7.16. The lowest BCUT2D eigenvalue weighted by Gasteiger charge is -2.28. The molecule has 0 radical (unpaired) electrons. The van der Waals surface area contributed by atoms with Gasteiger partial charge in [-0.1, -0.05) is 6.07 Å². The van der Waals surface area contributed by atoms with Crippen molar-refractivity contribution in [2.75, 3.05) is 11.5 Å². The van der Waals surface area contributed by atoms with Gasteiger partial charge in [-0.2, -0.15) is 11.8 Å². The van der Waals surface area contributed by atoms with Crippen LogP contribution >= 0.6 is 27.7 Å². The molecule has 1 nitrogen and oxygen atoms in total. The number of nitrogens with one attached hydrogen (secondary N) is 1. The van der Waals surface area contributed by atoms with Crippen molar-refractivity contribution in [1.29, 1.82) is 0 Å². The molecule has 1 aromatic rings. The Balaban J connectivity index is 2.18. The Morgan fingerprint density at radius 2 is 2.27 bits per heavy atom. The smallest absolute Gasteiger partial charge is 0.137 e. The van der Waals surface area contributed by atoms with E-state index in [9.17, 15) is 4.39 Å². The third-order valence-electron chi connectivity index (χ3n) is 2.48. The summed E-state index contributed by atoms with van der Waals surface area (Å²) >= 11 is 5.16. The first-order valence-corrected chi connectivity index (χ1v) is 6.90. The quantitative estimate of drug-likeness (QED) is 0.851. The van der Waals surface area contributed by atoms with E-state index in [1.54, 1.807) is 0 Å². The summed E-state index contributed by atoms with van der Waals surface area (Å²) in [6, 6.07) is 6.11. The van der Waals surface area contributed by atoms with Gasteiger partial charge in [0, 0.05) is 23.6 Å². The van der Waals surface area contributed by atoms with Crippen molar-refractivity contribution in [3.05, 3.63) is 34.1 Å². The fourth-order valence-corrected chi connectivity index (χ4v) is 3.23. The standard InChI is InChI=1S/C11H13BrFNS/c1-7-5-15-6-11(14-7)8-2-3-10(13)9(12)4-8/h2-4,7,11,14H,5-6H2,1H3. The zero-order chi connectivity index (χ0) is 10.8. The van der Waals surface area contributed by atoms with E-state index in [2.05, 4.69) is 28.2 Å². The van der Waals surface area contributed by atoms with Gasteiger partial charge >= 0.3 is 0 Å². The van der Waals surface area contributed by atoms with Crippen molar-refractivity contribution < 1.29 is 4.39 Å². The van der Waals surface area contributed by atoms with Crippen LogP contribution < -0.4 is 5.32 Å². The first kappa shape index (κ1) is 11.4. The maximum Gasteiger partial charge on any atom is 0.137 e. The second-order valence-electron chi connectivity index (χ2n) is 3.83. The minimum atomic E-state index is -0.199. The van der Waals surface area contributed by atoms with Gasteiger partial charge in [-0.3, -0.25) is 0 Å². The minimum Gasteiger partial charge on any atom is -0.306 e. The average molecular weight is 290 g/mol. The Hall–Kier alpha value is -0.0600. The molecule has 0 aromatic heterocycles. The van der Waals surface area contributed by atoms with Crippen LogP contribution in [0, 0.1) is 5.82 Å². The topological polar surface area (TPSA) is 12.0 Å². The molecular formula is C11H13BrFNS. The molecule has 2 atom stereocenters. The number of benzene rings is 1. The van der Waals surface area contributed by atoms with Crippen molar-refractivity contribution in [3.8, 4) is 0 Å². The molecule has 1 aliphatic rings. The molecule has 4 heteroatoms. The van der Waals surface area contributed by atoms with Gasteiger partial charge in [0.15, 0.2) is 0 Å². The molecule has 1 saturated heterocycles. The second kappa shape index (κ2) is 4.85. The minimum absolute atomic E-state index is 0.199. The van der Waals surface area contributed by atoms with E-state index in [0.29, 0.717) is 16.6 Å². The average Bonchev–Trinajstić information content (AvgIpc) is 2.22. The van der Waals surface area contributed by atoms with E-state index in [1.807, 2.05) is 23.9 Å². The normalized spacial score (nSPS) is 26.6. The highest BCUT2D eigenvalue weighted by atomic mass is 79.9. The molecule has 0 bridgehead atoms. The third-order valence-corrected chi connectivity index (χ3v) is 4.40. The SMILES string of the molecule is CC1CSCC(c2ccc(F)c(Br)c2)N1. The Bertz CT molecular complexity index is 358. The molecule has 15 heavy (non-hydrogen) atoms. The summed E-state index contributed by atoms with van der Waals surface area (Å²) < 4.78 is 13.6. The van der Waals surface area contributed by atoms with Crippen LogP contribution in [0.3, 0.4) is 0 Å². The van der Waals surface area contributed by atoms with Gasteiger partial charge in [0.2, 0.25) is 0 Å². The monoisotopic (exact) mass is 289 g/mol. The van der Waals surface area contributed by atoms with Crippen LogP contribution in [0.4, 0.5) is 4.39 Å². The predicted octanol–water partition coefficient (Wildman–Crippen LogP) is 3.35. The number of hydrogen-bond acceptors (Lipinski definition) is 2. The van der Waals surface area contributed by atoms with E-state index < -0.39 is 0 Å². The van der Waals surface area contributed by atoms with E-state index in [4.69, 9.17) is 0 Å². The summed E-state index contributed by atoms with van der Waals surface area (Å²) in [5.74, 6) is 2.01. The van der Waals surface area contributed by atoms with E-state index in [-0.39, 0.29) is 5.82 Å². The highest BCUT2D eigenvalue weighted by molar-refractivity contribution is 9.10. The highest BCUT2D eigenvalue weighted by Crippen LogP contribution is 2.27. The maximum absolute atomic E-state index is 13.1. The summed E-state index contributed by atoms with van der Waals surface area (Å²) in [6.45, 7) is 2.18. The van der Waals surface area contributed by atoms with Gasteiger partial charge in [-0.05, 0) is 40.5 Å². The first-order valence-electron chi connectivity index (χ1n) is 4.95. The predicted molar refractivity (Wildman–Crippen MR) is 66.8 cm³/mol. The number of thioether (sulfide) groups is 1. The Kier molecular flexibility index (Phi) is 3.69. The third kappa shape index (κ3) is 2.74. The lowest BCUT2D eigenvalue weighted by molar-refractivity contribution is 0.501. The van der Waals surface area contributed by atoms with Gasteiger partial charge in [-0.15, -0.1) is 0 Å². The van der Waals surface area contributed by atoms with Crippen LogP contribution in [-0.2, 0) is 0 Å². The van der Waals surface area contributed by atoms with Crippen LogP contribution in [0.25, 0.3) is 0 Å². The van der Waals surface area contributed by atoms with Crippen LogP contribution in [0.1, 0.15) is 18.5 Å². The molecule has 0 aliphatic carbocycles. The van der Waals surface area contributed by atoms with Crippen molar-refractivity contribution in [2.24, 2.45) is 0 Å². The van der Waals surface area contributed by atoms with Crippen molar-refractivity contribution in [2.45, 2.75) is 19.0 Å².